The Kier molecular flexibility index (Phi) is 12.1. The van der Waals surface area contributed by atoms with E-state index in [2.05, 4.69) is 12.0 Å². The molecule has 61 heavy (non-hydrogen) atoms. The van der Waals surface area contributed by atoms with E-state index >= 15 is 4.39 Å². The van der Waals surface area contributed by atoms with E-state index in [1.165, 1.54) is 7.11 Å². The summed E-state index contributed by atoms with van der Waals surface area (Å²) in [6.07, 6.45) is 11.2. The zero-order valence-corrected chi connectivity index (χ0v) is 35.8. The minimum Gasteiger partial charge on any atom is -0.486 e. The van der Waals surface area contributed by atoms with Gasteiger partial charge in [-0.05, 0) is 107 Å². The molecular formula is C47H54F2N6O6. The minimum atomic E-state index is -0.847. The van der Waals surface area contributed by atoms with Gasteiger partial charge >= 0.3 is 12.1 Å². The van der Waals surface area contributed by atoms with Gasteiger partial charge in [-0.3, -0.25) is 0 Å². The molecule has 1 aliphatic carbocycles. The smallest absolute Gasteiger partial charge is 0.410 e. The van der Waals surface area contributed by atoms with Crippen LogP contribution >= 0.6 is 0 Å². The number of terminal acetylenes is 1. The third-order valence-electron chi connectivity index (χ3n) is 11.8. The van der Waals surface area contributed by atoms with Crippen LogP contribution in [-0.4, -0.2) is 95.6 Å². The maximum Gasteiger partial charge on any atom is 0.410 e. The third kappa shape index (κ3) is 8.81. The fourth-order valence-corrected chi connectivity index (χ4v) is 8.31. The molecule has 0 N–H and O–H groups in total. The molecule has 2 aromatic heterocycles. The SMILES string of the molecule is C#Cc1ccc(COc2c(-c3c(C)c(F)cc4c3cnn4C3CCCCO3)c(C3CC3)cc3c(N(C)[C@H]4CCN(C(=O)OC(C)(C)C)C4)nc(OC[C@H](CF)OC)nc23)cc1. The number of ether oxygens (including phenoxy) is 5. The molecule has 0 bridgehead atoms. The molecule has 3 atom stereocenters. The highest BCUT2D eigenvalue weighted by Gasteiger charge is 2.37. The third-order valence-corrected chi connectivity index (χ3v) is 11.8. The number of carbonyl (C=O) groups is 1. The van der Waals surface area contributed by atoms with Gasteiger partial charge in [-0.1, -0.05) is 18.1 Å². The summed E-state index contributed by atoms with van der Waals surface area (Å²) in [5.74, 6) is 3.42. The Balaban J connectivity index is 1.34. The van der Waals surface area contributed by atoms with Gasteiger partial charge in [-0.15, -0.1) is 6.42 Å². The van der Waals surface area contributed by atoms with Gasteiger partial charge in [-0.25, -0.2) is 18.3 Å². The average Bonchev–Trinajstić information content (AvgIpc) is 3.83. The summed E-state index contributed by atoms with van der Waals surface area (Å²) < 4.78 is 62.5. The van der Waals surface area contributed by atoms with E-state index < -0.39 is 18.4 Å². The second-order valence-corrected chi connectivity index (χ2v) is 17.3. The Morgan fingerprint density at radius 3 is 2.52 bits per heavy atom. The number of methoxy groups -OCH3 is 1. The highest BCUT2D eigenvalue weighted by molar-refractivity contribution is 6.06. The first kappa shape index (κ1) is 42.2. The molecule has 322 valence electrons. The molecule has 1 unspecified atom stereocenters. The van der Waals surface area contributed by atoms with Gasteiger partial charge in [0, 0.05) is 73.4 Å². The highest BCUT2D eigenvalue weighted by Crippen LogP contribution is 2.53. The summed E-state index contributed by atoms with van der Waals surface area (Å²) in [6, 6.07) is 11.1. The lowest BCUT2D eigenvalue weighted by molar-refractivity contribution is -0.0366. The van der Waals surface area contributed by atoms with Crippen molar-refractivity contribution in [2.24, 2.45) is 0 Å². The first-order valence-corrected chi connectivity index (χ1v) is 21.1. The predicted molar refractivity (Wildman–Crippen MR) is 229 cm³/mol. The van der Waals surface area contributed by atoms with Crippen LogP contribution in [0, 0.1) is 25.1 Å². The number of likely N-dealkylation sites (N-methyl/N-ethyl adjacent to an activating group) is 1. The van der Waals surface area contributed by atoms with Gasteiger partial charge in [0.15, 0.2) is 12.0 Å². The molecule has 12 nitrogen and oxygen atoms in total. The van der Waals surface area contributed by atoms with Crippen LogP contribution in [0.1, 0.15) is 93.7 Å². The lowest BCUT2D eigenvalue weighted by atomic mass is 9.88. The number of nitrogens with zero attached hydrogens (tertiary/aromatic N) is 6. The number of halogens is 2. The van der Waals surface area contributed by atoms with Crippen LogP contribution in [0.4, 0.5) is 19.4 Å². The monoisotopic (exact) mass is 836 g/mol. The molecule has 4 heterocycles. The number of alkyl halides is 1. The molecule has 14 heteroatoms. The first-order chi connectivity index (χ1) is 29.4. The number of benzene rings is 3. The second-order valence-electron chi connectivity index (χ2n) is 17.3. The van der Waals surface area contributed by atoms with E-state index in [-0.39, 0.29) is 49.3 Å². The van der Waals surface area contributed by atoms with E-state index in [0.29, 0.717) is 65.2 Å². The first-order valence-electron chi connectivity index (χ1n) is 21.1. The highest BCUT2D eigenvalue weighted by atomic mass is 19.1. The predicted octanol–water partition coefficient (Wildman–Crippen LogP) is 9.04. The summed E-state index contributed by atoms with van der Waals surface area (Å²) >= 11 is 0. The number of hydrogen-bond acceptors (Lipinski definition) is 10. The van der Waals surface area contributed by atoms with Crippen molar-refractivity contribution in [2.45, 2.75) is 103 Å². The zero-order chi connectivity index (χ0) is 43.0. The number of hydrogen-bond donors (Lipinski definition) is 0. The van der Waals surface area contributed by atoms with Crippen molar-refractivity contribution in [2.75, 3.05) is 52.0 Å². The molecule has 8 rings (SSSR count). The zero-order valence-electron chi connectivity index (χ0n) is 35.8. The van der Waals surface area contributed by atoms with Crippen LogP contribution < -0.4 is 14.4 Å². The Hall–Kier alpha value is -5.52. The molecule has 2 aliphatic heterocycles. The van der Waals surface area contributed by atoms with Crippen LogP contribution in [0.5, 0.6) is 11.8 Å². The molecule has 3 aromatic carbocycles. The van der Waals surface area contributed by atoms with Gasteiger partial charge < -0.3 is 33.5 Å². The van der Waals surface area contributed by atoms with E-state index in [1.807, 2.05) is 57.0 Å². The lowest BCUT2D eigenvalue weighted by Crippen LogP contribution is -2.39. The normalized spacial score (nSPS) is 18.6. The molecule has 2 saturated heterocycles. The fraction of sp³-hybridized carbons (Fsp3) is 0.489. The Bertz CT molecular complexity index is 2450. The maximum absolute atomic E-state index is 16.5. The van der Waals surface area contributed by atoms with Gasteiger partial charge in [0.05, 0.1) is 11.7 Å². The van der Waals surface area contributed by atoms with E-state index in [1.54, 1.807) is 28.8 Å². The number of amides is 1. The van der Waals surface area contributed by atoms with Crippen molar-refractivity contribution in [1.29, 1.82) is 0 Å². The van der Waals surface area contributed by atoms with E-state index in [4.69, 9.17) is 45.2 Å². The Morgan fingerprint density at radius 2 is 1.85 bits per heavy atom. The van der Waals surface area contributed by atoms with Gasteiger partial charge in [0.2, 0.25) is 0 Å². The summed E-state index contributed by atoms with van der Waals surface area (Å²) in [5.41, 5.74) is 4.83. The minimum absolute atomic E-state index is 0.0106. The molecule has 5 aromatic rings. The molecule has 1 amide bonds. The molecule has 0 spiro atoms. The van der Waals surface area contributed by atoms with Crippen molar-refractivity contribution in [3.8, 4) is 35.2 Å². The maximum atomic E-state index is 16.5. The topological polar surface area (TPSA) is 113 Å². The lowest BCUT2D eigenvalue weighted by Gasteiger charge is -2.29. The number of rotatable bonds is 13. The van der Waals surface area contributed by atoms with E-state index in [9.17, 15) is 9.18 Å². The molecule has 3 aliphatic rings. The van der Waals surface area contributed by atoms with Crippen molar-refractivity contribution in [3.63, 3.8) is 0 Å². The number of anilines is 1. The number of likely N-dealkylation sites (tertiary alicyclic amines) is 1. The van der Waals surface area contributed by atoms with Crippen LogP contribution in [0.15, 0.2) is 42.6 Å². The average molecular weight is 837 g/mol. The number of carbonyl (C=O) groups excluding carboxylic acids is 1. The molecule has 0 radical (unpaired) electrons. The van der Waals surface area contributed by atoms with Crippen molar-refractivity contribution < 1.29 is 37.3 Å². The van der Waals surface area contributed by atoms with Gasteiger partial charge in [0.25, 0.3) is 0 Å². The Morgan fingerprint density at radius 1 is 1.07 bits per heavy atom. The summed E-state index contributed by atoms with van der Waals surface area (Å²) in [6.45, 7) is 8.07. The summed E-state index contributed by atoms with van der Waals surface area (Å²) in [4.78, 5) is 26.9. The number of aromatic nitrogens is 4. The van der Waals surface area contributed by atoms with Crippen LogP contribution in [0.25, 0.3) is 32.9 Å². The van der Waals surface area contributed by atoms with Gasteiger partial charge in [-0.2, -0.15) is 15.1 Å². The summed E-state index contributed by atoms with van der Waals surface area (Å²) in [5, 5.41) is 6.26. The van der Waals surface area contributed by atoms with Crippen LogP contribution in [0.2, 0.25) is 0 Å². The van der Waals surface area contributed by atoms with Crippen molar-refractivity contribution >= 4 is 33.7 Å². The molecule has 3 fully saturated rings. The summed E-state index contributed by atoms with van der Waals surface area (Å²) in [7, 11) is 3.36. The van der Waals surface area contributed by atoms with Crippen LogP contribution in [0.3, 0.4) is 0 Å². The van der Waals surface area contributed by atoms with Gasteiger partial charge in [0.1, 0.15) is 48.7 Å². The van der Waals surface area contributed by atoms with Crippen molar-refractivity contribution in [1.82, 2.24) is 24.6 Å². The fourth-order valence-electron chi connectivity index (χ4n) is 8.31. The largest absolute Gasteiger partial charge is 0.486 e. The molecule has 1 saturated carbocycles. The quantitative estimate of drug-likeness (QED) is 0.107. The number of fused-ring (bicyclic) bond motifs is 2. The van der Waals surface area contributed by atoms with E-state index in [0.717, 1.165) is 59.7 Å². The second kappa shape index (κ2) is 17.5. The van der Waals surface area contributed by atoms with Crippen LogP contribution in [-0.2, 0) is 20.8 Å². The standard InChI is InChI=1S/C47H54F2N6O6/c1-8-29-12-14-30(15-13-29)26-59-43-41(40-28(2)37(49)22-38-36(40)24-50-55(38)39-11-9-10-20-58-39)34(31-16-17-31)21-35-42(43)51-45(60-27-33(23-48)57-7)52-44(35)53(6)32-18-19-54(25-32)46(56)61-47(3,4)5/h1,12-15,21-22,24,31-33,39H,9-11,16-20,23,25-27H2,2-7H3/t32-,33-,39?/m0/s1. The van der Waals surface area contributed by atoms with Crippen molar-refractivity contribution in [3.05, 3.63) is 70.7 Å². The Labute approximate surface area is 355 Å². The molecular weight excluding hydrogens is 783 g/mol.